The van der Waals surface area contributed by atoms with Crippen molar-refractivity contribution in [3.05, 3.63) is 29.3 Å². The number of para-hydroxylation sites is 1. The van der Waals surface area contributed by atoms with Gasteiger partial charge in [-0.1, -0.05) is 39.0 Å². The van der Waals surface area contributed by atoms with E-state index in [4.69, 9.17) is 0 Å². The molecule has 22 heavy (non-hydrogen) atoms. The first-order valence-corrected chi connectivity index (χ1v) is 8.64. The van der Waals surface area contributed by atoms with Gasteiger partial charge in [0.1, 0.15) is 5.75 Å². The van der Waals surface area contributed by atoms with Gasteiger partial charge in [0.05, 0.1) is 0 Å². The van der Waals surface area contributed by atoms with Crippen LogP contribution in [0.2, 0.25) is 0 Å². The first-order chi connectivity index (χ1) is 10.4. The lowest BCUT2D eigenvalue weighted by Gasteiger charge is -2.34. The van der Waals surface area contributed by atoms with Gasteiger partial charge in [-0.05, 0) is 55.3 Å². The van der Waals surface area contributed by atoms with Crippen molar-refractivity contribution in [1.82, 2.24) is 10.2 Å². The van der Waals surface area contributed by atoms with Crippen molar-refractivity contribution < 1.29 is 5.11 Å². The summed E-state index contributed by atoms with van der Waals surface area (Å²) in [5, 5.41) is 14.1. The molecule has 0 radical (unpaired) electrons. The SMILES string of the molecule is CC(C)(C)c1cccc(CN2CCC3(CCNCC3)C2)c1O. The number of benzene rings is 1. The molecule has 0 unspecified atom stereocenters. The lowest BCUT2D eigenvalue weighted by molar-refractivity contribution is 0.193. The van der Waals surface area contributed by atoms with Gasteiger partial charge in [0.15, 0.2) is 0 Å². The Morgan fingerprint density at radius 3 is 2.59 bits per heavy atom. The topological polar surface area (TPSA) is 35.5 Å². The van der Waals surface area contributed by atoms with Gasteiger partial charge in [-0.25, -0.2) is 0 Å². The maximum Gasteiger partial charge on any atom is 0.123 e. The molecule has 2 aliphatic rings. The van der Waals surface area contributed by atoms with Gasteiger partial charge in [0.2, 0.25) is 0 Å². The fourth-order valence-corrected chi connectivity index (χ4v) is 4.09. The summed E-state index contributed by atoms with van der Waals surface area (Å²) < 4.78 is 0. The Morgan fingerprint density at radius 1 is 1.18 bits per heavy atom. The van der Waals surface area contributed by atoms with E-state index in [0.29, 0.717) is 11.2 Å². The van der Waals surface area contributed by atoms with Crippen LogP contribution in [0.1, 0.15) is 51.2 Å². The first-order valence-electron chi connectivity index (χ1n) is 8.64. The van der Waals surface area contributed by atoms with Crippen LogP contribution in [-0.4, -0.2) is 36.2 Å². The molecule has 2 heterocycles. The molecule has 1 aromatic carbocycles. The van der Waals surface area contributed by atoms with Crippen LogP contribution >= 0.6 is 0 Å². The maximum absolute atomic E-state index is 10.6. The molecule has 1 spiro atoms. The Kier molecular flexibility index (Phi) is 4.21. The molecule has 2 N–H and O–H groups in total. The lowest BCUT2D eigenvalue weighted by atomic mass is 9.78. The van der Waals surface area contributed by atoms with Crippen LogP contribution in [0.25, 0.3) is 0 Å². The van der Waals surface area contributed by atoms with Crippen LogP contribution in [0.3, 0.4) is 0 Å². The monoisotopic (exact) mass is 302 g/mol. The van der Waals surface area contributed by atoms with E-state index in [1.54, 1.807) is 0 Å². The molecule has 122 valence electrons. The lowest BCUT2D eigenvalue weighted by Crippen LogP contribution is -2.38. The maximum atomic E-state index is 10.6. The minimum atomic E-state index is -0.0125. The van der Waals surface area contributed by atoms with Crippen LogP contribution in [0.5, 0.6) is 5.75 Å². The molecule has 1 aromatic rings. The number of nitrogens with zero attached hydrogens (tertiary/aromatic N) is 1. The summed E-state index contributed by atoms with van der Waals surface area (Å²) in [6, 6.07) is 6.22. The van der Waals surface area contributed by atoms with E-state index >= 15 is 0 Å². The molecule has 0 saturated carbocycles. The van der Waals surface area contributed by atoms with Crippen LogP contribution < -0.4 is 5.32 Å². The van der Waals surface area contributed by atoms with Crippen molar-refractivity contribution in [2.75, 3.05) is 26.2 Å². The van der Waals surface area contributed by atoms with Gasteiger partial charge >= 0.3 is 0 Å². The molecular weight excluding hydrogens is 272 g/mol. The van der Waals surface area contributed by atoms with E-state index in [1.807, 2.05) is 0 Å². The normalized spacial score (nSPS) is 22.3. The third-order valence-corrected chi connectivity index (χ3v) is 5.50. The molecule has 0 aromatic heterocycles. The zero-order valence-corrected chi connectivity index (χ0v) is 14.3. The van der Waals surface area contributed by atoms with Gasteiger partial charge in [-0.2, -0.15) is 0 Å². The van der Waals surface area contributed by atoms with E-state index < -0.39 is 0 Å². The predicted molar refractivity (Wildman–Crippen MR) is 91.2 cm³/mol. The molecule has 3 nitrogen and oxygen atoms in total. The molecule has 2 saturated heterocycles. The van der Waals surface area contributed by atoms with Gasteiger partial charge in [0.25, 0.3) is 0 Å². The van der Waals surface area contributed by atoms with Crippen LogP contribution in [0, 0.1) is 5.41 Å². The molecule has 3 heteroatoms. The van der Waals surface area contributed by atoms with Crippen LogP contribution in [-0.2, 0) is 12.0 Å². The highest BCUT2D eigenvalue weighted by Crippen LogP contribution is 2.40. The standard InChI is InChI=1S/C19H30N2O/c1-18(2,3)16-6-4-5-15(17(16)22)13-21-12-9-19(14-21)7-10-20-11-8-19/h4-6,20,22H,7-14H2,1-3H3. The fraction of sp³-hybridized carbons (Fsp3) is 0.684. The Hall–Kier alpha value is -1.06. The Labute approximate surface area is 134 Å². The Balaban J connectivity index is 1.72. The van der Waals surface area contributed by atoms with Crippen molar-refractivity contribution in [1.29, 1.82) is 0 Å². The van der Waals surface area contributed by atoms with Crippen molar-refractivity contribution in [3.63, 3.8) is 0 Å². The smallest absolute Gasteiger partial charge is 0.123 e. The van der Waals surface area contributed by atoms with Crippen molar-refractivity contribution in [2.24, 2.45) is 5.41 Å². The number of rotatable bonds is 2. The summed E-state index contributed by atoms with van der Waals surface area (Å²) in [6.07, 6.45) is 3.92. The highest BCUT2D eigenvalue weighted by Gasteiger charge is 2.38. The van der Waals surface area contributed by atoms with Crippen LogP contribution in [0.4, 0.5) is 0 Å². The quantitative estimate of drug-likeness (QED) is 0.880. The number of hydrogen-bond acceptors (Lipinski definition) is 3. The first kappa shape index (κ1) is 15.8. The summed E-state index contributed by atoms with van der Waals surface area (Å²) in [5.41, 5.74) is 2.66. The average Bonchev–Trinajstić information content (AvgIpc) is 2.83. The van der Waals surface area contributed by atoms with Gasteiger partial charge in [0, 0.05) is 18.7 Å². The van der Waals surface area contributed by atoms with E-state index in [9.17, 15) is 5.11 Å². The van der Waals surface area contributed by atoms with Gasteiger partial charge < -0.3 is 10.4 Å². The molecule has 2 fully saturated rings. The summed E-state index contributed by atoms with van der Waals surface area (Å²) in [5.74, 6) is 0.501. The van der Waals surface area contributed by atoms with Crippen molar-refractivity contribution in [3.8, 4) is 5.75 Å². The molecule has 0 atom stereocenters. The van der Waals surface area contributed by atoms with E-state index in [1.165, 1.54) is 45.4 Å². The number of likely N-dealkylation sites (tertiary alicyclic amines) is 1. The van der Waals surface area contributed by atoms with E-state index in [0.717, 1.165) is 17.7 Å². The molecule has 0 aliphatic carbocycles. The summed E-state index contributed by atoms with van der Waals surface area (Å²) >= 11 is 0. The summed E-state index contributed by atoms with van der Waals surface area (Å²) in [7, 11) is 0. The second-order valence-electron chi connectivity index (χ2n) is 8.27. The Morgan fingerprint density at radius 2 is 1.91 bits per heavy atom. The number of hydrogen-bond donors (Lipinski definition) is 2. The number of phenolic OH excluding ortho intramolecular Hbond substituents is 1. The molecular formula is C19H30N2O. The largest absolute Gasteiger partial charge is 0.507 e. The highest BCUT2D eigenvalue weighted by atomic mass is 16.3. The molecule has 0 bridgehead atoms. The highest BCUT2D eigenvalue weighted by molar-refractivity contribution is 5.44. The number of piperidine rings is 1. The number of phenols is 1. The average molecular weight is 302 g/mol. The van der Waals surface area contributed by atoms with Crippen molar-refractivity contribution in [2.45, 2.75) is 52.0 Å². The molecule has 2 aliphatic heterocycles. The summed E-state index contributed by atoms with van der Waals surface area (Å²) in [6.45, 7) is 12.0. The number of aromatic hydroxyl groups is 1. The minimum Gasteiger partial charge on any atom is -0.507 e. The molecule has 3 rings (SSSR count). The number of nitrogens with one attached hydrogen (secondary N) is 1. The minimum absolute atomic E-state index is 0.0125. The van der Waals surface area contributed by atoms with E-state index in [2.05, 4.69) is 49.2 Å². The fourth-order valence-electron chi connectivity index (χ4n) is 4.09. The third-order valence-electron chi connectivity index (χ3n) is 5.50. The van der Waals surface area contributed by atoms with Crippen LogP contribution in [0.15, 0.2) is 18.2 Å². The van der Waals surface area contributed by atoms with Gasteiger partial charge in [-0.3, -0.25) is 4.90 Å². The third kappa shape index (κ3) is 3.16. The second-order valence-corrected chi connectivity index (χ2v) is 8.27. The summed E-state index contributed by atoms with van der Waals surface area (Å²) in [4.78, 5) is 2.53. The second kappa shape index (κ2) is 5.86. The van der Waals surface area contributed by atoms with Gasteiger partial charge in [-0.15, -0.1) is 0 Å². The van der Waals surface area contributed by atoms with E-state index in [-0.39, 0.29) is 5.41 Å². The molecule has 0 amide bonds. The Bertz CT molecular complexity index is 527. The predicted octanol–water partition coefficient (Wildman–Crippen LogP) is 3.27. The van der Waals surface area contributed by atoms with Crippen molar-refractivity contribution >= 4 is 0 Å². The zero-order valence-electron chi connectivity index (χ0n) is 14.3. The zero-order chi connectivity index (χ0) is 15.8.